The zero-order valence-electron chi connectivity index (χ0n) is 13.9. The first-order valence-corrected chi connectivity index (χ1v) is 8.81. The fraction of sp³-hybridized carbons (Fsp3) is 0.556. The van der Waals surface area contributed by atoms with Gasteiger partial charge in [-0.2, -0.15) is 4.98 Å². The molecular weight excluding hydrogens is 304 g/mol. The van der Waals surface area contributed by atoms with Crippen molar-refractivity contribution in [3.8, 4) is 11.4 Å². The number of carbonyl (C=O) groups excluding carboxylic acids is 1. The first kappa shape index (κ1) is 15.3. The molecule has 2 aliphatic carbocycles. The largest absolute Gasteiger partial charge is 0.344 e. The van der Waals surface area contributed by atoms with Crippen molar-refractivity contribution >= 4 is 5.91 Å². The lowest BCUT2D eigenvalue weighted by Gasteiger charge is -2.13. The maximum absolute atomic E-state index is 12.2. The molecule has 2 fully saturated rings. The van der Waals surface area contributed by atoms with Crippen LogP contribution in [0.15, 0.2) is 22.9 Å². The molecular formula is C18H22N4O2. The maximum atomic E-state index is 12.2. The molecule has 0 bridgehead atoms. The van der Waals surface area contributed by atoms with Crippen molar-refractivity contribution in [2.75, 3.05) is 0 Å². The summed E-state index contributed by atoms with van der Waals surface area (Å²) in [6, 6.07) is 3.65. The molecule has 1 amide bonds. The number of hydrogen-bond acceptors (Lipinski definition) is 5. The van der Waals surface area contributed by atoms with Crippen LogP contribution in [0.3, 0.4) is 0 Å². The van der Waals surface area contributed by atoms with Crippen molar-refractivity contribution in [2.24, 2.45) is 5.92 Å². The zero-order chi connectivity index (χ0) is 16.5. The molecule has 6 nitrogen and oxygen atoms in total. The quantitative estimate of drug-likeness (QED) is 0.911. The molecule has 2 aromatic rings. The molecule has 0 saturated heterocycles. The molecule has 1 atom stereocenters. The van der Waals surface area contributed by atoms with Crippen molar-refractivity contribution in [3.05, 3.63) is 29.9 Å². The molecule has 0 unspecified atom stereocenters. The van der Waals surface area contributed by atoms with Crippen LogP contribution in [-0.4, -0.2) is 21.0 Å². The minimum Gasteiger partial charge on any atom is -0.344 e. The van der Waals surface area contributed by atoms with E-state index in [1.54, 1.807) is 6.20 Å². The van der Waals surface area contributed by atoms with Gasteiger partial charge in [0.15, 0.2) is 0 Å². The van der Waals surface area contributed by atoms with Crippen molar-refractivity contribution in [3.63, 3.8) is 0 Å². The van der Waals surface area contributed by atoms with Crippen LogP contribution in [0.5, 0.6) is 0 Å². The topological polar surface area (TPSA) is 80.9 Å². The smallest absolute Gasteiger partial charge is 0.249 e. The summed E-state index contributed by atoms with van der Waals surface area (Å²) in [4.78, 5) is 21.1. The fourth-order valence-electron chi connectivity index (χ4n) is 3.30. The lowest BCUT2D eigenvalue weighted by molar-refractivity contribution is -0.125. The van der Waals surface area contributed by atoms with Gasteiger partial charge in [0.25, 0.3) is 0 Å². The molecule has 2 aromatic heterocycles. The summed E-state index contributed by atoms with van der Waals surface area (Å²) in [5, 5.41) is 7.06. The summed E-state index contributed by atoms with van der Waals surface area (Å²) in [6.07, 6.45) is 8.45. The minimum atomic E-state index is -0.274. The Hall–Kier alpha value is -2.24. The Balaban J connectivity index is 1.45. The maximum Gasteiger partial charge on any atom is 0.249 e. The zero-order valence-corrected chi connectivity index (χ0v) is 13.9. The number of rotatable bonds is 5. The first-order valence-electron chi connectivity index (χ1n) is 8.81. The standard InChI is InChI=1S/C18H22N4O2/c1-11(20-17(23)13-4-2-3-5-13)18-21-16(22-24-18)14-8-9-19-15(10-14)12-6-7-12/h8-13H,2-7H2,1H3,(H,20,23)/t11-/m0/s1. The van der Waals surface area contributed by atoms with E-state index >= 15 is 0 Å². The van der Waals surface area contributed by atoms with Gasteiger partial charge in [-0.05, 0) is 44.7 Å². The van der Waals surface area contributed by atoms with Gasteiger partial charge in [0.2, 0.25) is 17.6 Å². The predicted octanol–water partition coefficient (Wildman–Crippen LogP) is 3.38. The van der Waals surface area contributed by atoms with Gasteiger partial charge in [0, 0.05) is 29.3 Å². The molecule has 24 heavy (non-hydrogen) atoms. The Bertz CT molecular complexity index is 732. The van der Waals surface area contributed by atoms with E-state index in [0.717, 1.165) is 36.9 Å². The SMILES string of the molecule is C[C@H](NC(=O)C1CCCC1)c1nc(-c2ccnc(C3CC3)c2)no1. The predicted molar refractivity (Wildman–Crippen MR) is 88.0 cm³/mol. The van der Waals surface area contributed by atoms with Crippen molar-refractivity contribution in [2.45, 2.75) is 57.4 Å². The van der Waals surface area contributed by atoms with E-state index in [1.165, 1.54) is 12.8 Å². The van der Waals surface area contributed by atoms with Gasteiger partial charge in [-0.25, -0.2) is 0 Å². The Morgan fingerprint density at radius 3 is 2.83 bits per heavy atom. The lowest BCUT2D eigenvalue weighted by atomic mass is 10.1. The third kappa shape index (κ3) is 3.18. The molecule has 0 aliphatic heterocycles. The van der Waals surface area contributed by atoms with Gasteiger partial charge in [0.1, 0.15) is 6.04 Å². The van der Waals surface area contributed by atoms with Gasteiger partial charge in [-0.1, -0.05) is 18.0 Å². The highest BCUT2D eigenvalue weighted by Crippen LogP contribution is 2.39. The lowest BCUT2D eigenvalue weighted by Crippen LogP contribution is -2.31. The summed E-state index contributed by atoms with van der Waals surface area (Å²) in [6.45, 7) is 1.88. The summed E-state index contributed by atoms with van der Waals surface area (Å²) in [5.74, 6) is 1.81. The third-order valence-electron chi connectivity index (χ3n) is 4.93. The normalized spacial score (nSPS) is 19.4. The Kier molecular flexibility index (Phi) is 4.04. The molecule has 2 heterocycles. The van der Waals surface area contributed by atoms with E-state index in [2.05, 4.69) is 20.4 Å². The second kappa shape index (κ2) is 6.34. The molecule has 126 valence electrons. The average Bonchev–Trinajstić information content (AvgIpc) is 3.11. The van der Waals surface area contributed by atoms with Crippen molar-refractivity contribution < 1.29 is 9.32 Å². The molecule has 0 aromatic carbocycles. The third-order valence-corrected chi connectivity index (χ3v) is 4.93. The van der Waals surface area contributed by atoms with Crippen LogP contribution >= 0.6 is 0 Å². The highest BCUT2D eigenvalue weighted by Gasteiger charge is 2.27. The number of nitrogens with zero attached hydrogens (tertiary/aromatic N) is 3. The van der Waals surface area contributed by atoms with Crippen LogP contribution in [0, 0.1) is 5.92 Å². The first-order chi connectivity index (χ1) is 11.7. The monoisotopic (exact) mass is 326 g/mol. The number of hydrogen-bond donors (Lipinski definition) is 1. The minimum absolute atomic E-state index is 0.0969. The van der Waals surface area contributed by atoms with Gasteiger partial charge in [-0.15, -0.1) is 0 Å². The molecule has 6 heteroatoms. The van der Waals surface area contributed by atoms with E-state index in [0.29, 0.717) is 17.6 Å². The van der Waals surface area contributed by atoms with Crippen LogP contribution < -0.4 is 5.32 Å². The number of carbonyl (C=O) groups is 1. The molecule has 2 aliphatic rings. The summed E-state index contributed by atoms with van der Waals surface area (Å²) in [5.41, 5.74) is 2.01. The van der Waals surface area contributed by atoms with Crippen molar-refractivity contribution in [1.82, 2.24) is 20.4 Å². The van der Waals surface area contributed by atoms with E-state index in [-0.39, 0.29) is 17.9 Å². The molecule has 0 radical (unpaired) electrons. The second-order valence-electron chi connectivity index (χ2n) is 6.91. The number of aromatic nitrogens is 3. The van der Waals surface area contributed by atoms with Gasteiger partial charge in [-0.3, -0.25) is 9.78 Å². The molecule has 2 saturated carbocycles. The summed E-state index contributed by atoms with van der Waals surface area (Å²) in [7, 11) is 0. The van der Waals surface area contributed by atoms with Gasteiger partial charge in [0.05, 0.1) is 0 Å². The second-order valence-corrected chi connectivity index (χ2v) is 6.91. The van der Waals surface area contributed by atoms with E-state index < -0.39 is 0 Å². The molecule has 1 N–H and O–H groups in total. The highest BCUT2D eigenvalue weighted by atomic mass is 16.5. The van der Waals surface area contributed by atoms with Gasteiger partial charge >= 0.3 is 0 Å². The van der Waals surface area contributed by atoms with Crippen LogP contribution in [0.25, 0.3) is 11.4 Å². The highest BCUT2D eigenvalue weighted by molar-refractivity contribution is 5.79. The van der Waals surface area contributed by atoms with Crippen molar-refractivity contribution in [1.29, 1.82) is 0 Å². The average molecular weight is 326 g/mol. The fourth-order valence-corrected chi connectivity index (χ4v) is 3.30. The molecule has 0 spiro atoms. The van der Waals surface area contributed by atoms with E-state index in [4.69, 9.17) is 4.52 Å². The number of pyridine rings is 1. The van der Waals surface area contributed by atoms with Crippen LogP contribution in [-0.2, 0) is 4.79 Å². The van der Waals surface area contributed by atoms with Crippen LogP contribution in [0.4, 0.5) is 0 Å². The van der Waals surface area contributed by atoms with Crippen LogP contribution in [0.1, 0.15) is 69.0 Å². The summed E-state index contributed by atoms with van der Waals surface area (Å²) < 4.78 is 5.36. The van der Waals surface area contributed by atoms with Crippen LogP contribution in [0.2, 0.25) is 0 Å². The van der Waals surface area contributed by atoms with E-state index in [1.807, 2.05) is 19.1 Å². The van der Waals surface area contributed by atoms with E-state index in [9.17, 15) is 4.79 Å². The van der Waals surface area contributed by atoms with Gasteiger partial charge < -0.3 is 9.84 Å². The number of nitrogens with one attached hydrogen (secondary N) is 1. The Labute approximate surface area is 141 Å². The summed E-state index contributed by atoms with van der Waals surface area (Å²) >= 11 is 0. The molecule has 4 rings (SSSR count). The number of amides is 1. The Morgan fingerprint density at radius 1 is 1.29 bits per heavy atom. The Morgan fingerprint density at radius 2 is 2.08 bits per heavy atom.